The summed E-state index contributed by atoms with van der Waals surface area (Å²) in [5, 5.41) is 3.40. The van der Waals surface area contributed by atoms with Crippen LogP contribution in [-0.4, -0.2) is 30.9 Å². The number of rotatable bonds is 8. The fourth-order valence-electron chi connectivity index (χ4n) is 4.54. The Morgan fingerprint density at radius 3 is 2.34 bits per heavy atom. The molecule has 2 unspecified atom stereocenters. The molecule has 6 heteroatoms. The number of nitrogens with one attached hydrogen (secondary N) is 1. The van der Waals surface area contributed by atoms with Crippen molar-refractivity contribution in [1.82, 2.24) is 10.2 Å². The highest BCUT2D eigenvalue weighted by Crippen LogP contribution is 2.51. The molecule has 1 saturated heterocycles. The number of hydrogen-bond acceptors (Lipinski definition) is 3. The molecule has 2 aromatic rings. The zero-order valence-electron chi connectivity index (χ0n) is 16.6. The fraction of sp³-hybridized carbons (Fsp3) is 0.478. The molecular formula is C23H27F3N2O. The van der Waals surface area contributed by atoms with E-state index in [-0.39, 0.29) is 5.75 Å². The zero-order valence-corrected chi connectivity index (χ0v) is 16.6. The molecule has 1 aliphatic heterocycles. The standard InChI is InChI=1S/C23H27F3N2O/c1-2-16-6-8-17(9-7-16)13-28-14-21-20(22(21)15-28)12-27-11-18-4-3-5-19(10-18)29-23(24,25)26/h3-10,20-22,27H,2,11-15H2,1H3. The van der Waals surface area contributed by atoms with Crippen LogP contribution in [-0.2, 0) is 19.5 Å². The Bertz CT molecular complexity index is 810. The molecule has 29 heavy (non-hydrogen) atoms. The van der Waals surface area contributed by atoms with Crippen LogP contribution < -0.4 is 10.1 Å². The van der Waals surface area contributed by atoms with Crippen LogP contribution in [0.2, 0.25) is 0 Å². The summed E-state index contributed by atoms with van der Waals surface area (Å²) in [4.78, 5) is 2.53. The van der Waals surface area contributed by atoms with Gasteiger partial charge in [0.1, 0.15) is 5.75 Å². The Kier molecular flexibility index (Phi) is 5.83. The van der Waals surface area contributed by atoms with E-state index in [1.54, 1.807) is 6.07 Å². The second-order valence-corrected chi connectivity index (χ2v) is 8.18. The largest absolute Gasteiger partial charge is 0.573 e. The quantitative estimate of drug-likeness (QED) is 0.695. The number of aryl methyl sites for hydroxylation is 1. The number of fused-ring (bicyclic) bond motifs is 1. The molecule has 2 aliphatic rings. The van der Waals surface area contributed by atoms with Gasteiger partial charge < -0.3 is 10.1 Å². The van der Waals surface area contributed by atoms with Gasteiger partial charge in [0.15, 0.2) is 0 Å². The first-order valence-corrected chi connectivity index (χ1v) is 10.3. The van der Waals surface area contributed by atoms with E-state index in [4.69, 9.17) is 0 Å². The average Bonchev–Trinajstić information content (AvgIpc) is 3.12. The molecule has 1 aliphatic carbocycles. The Labute approximate surface area is 169 Å². The molecule has 2 atom stereocenters. The third-order valence-corrected chi connectivity index (χ3v) is 6.13. The average molecular weight is 404 g/mol. The molecule has 3 nitrogen and oxygen atoms in total. The molecular weight excluding hydrogens is 377 g/mol. The van der Waals surface area contributed by atoms with Crippen LogP contribution >= 0.6 is 0 Å². The number of likely N-dealkylation sites (tertiary alicyclic amines) is 1. The smallest absolute Gasteiger partial charge is 0.406 e. The lowest BCUT2D eigenvalue weighted by atomic mass is 10.1. The van der Waals surface area contributed by atoms with Crippen LogP contribution in [0.15, 0.2) is 48.5 Å². The highest BCUT2D eigenvalue weighted by molar-refractivity contribution is 5.28. The van der Waals surface area contributed by atoms with Crippen LogP contribution in [0, 0.1) is 17.8 Å². The van der Waals surface area contributed by atoms with E-state index in [1.807, 2.05) is 6.07 Å². The van der Waals surface area contributed by atoms with Gasteiger partial charge in [-0.1, -0.05) is 43.3 Å². The van der Waals surface area contributed by atoms with Crippen LogP contribution in [0.1, 0.15) is 23.6 Å². The predicted octanol–water partition coefficient (Wildman–Crippen LogP) is 4.62. The van der Waals surface area contributed by atoms with Gasteiger partial charge in [0.2, 0.25) is 0 Å². The number of nitrogens with zero attached hydrogens (tertiary/aromatic N) is 1. The molecule has 2 fully saturated rings. The molecule has 1 N–H and O–H groups in total. The summed E-state index contributed by atoms with van der Waals surface area (Å²) in [6.45, 7) is 6.94. The Balaban J connectivity index is 1.18. The molecule has 0 bridgehead atoms. The highest BCUT2D eigenvalue weighted by atomic mass is 19.4. The first-order valence-electron chi connectivity index (χ1n) is 10.3. The lowest BCUT2D eigenvalue weighted by molar-refractivity contribution is -0.274. The molecule has 1 heterocycles. The molecule has 0 spiro atoms. The van der Waals surface area contributed by atoms with Gasteiger partial charge in [-0.25, -0.2) is 0 Å². The molecule has 4 rings (SSSR count). The minimum Gasteiger partial charge on any atom is -0.406 e. The third kappa shape index (κ3) is 5.31. The highest BCUT2D eigenvalue weighted by Gasteiger charge is 2.54. The first kappa shape index (κ1) is 20.2. The molecule has 1 saturated carbocycles. The molecule has 0 aromatic heterocycles. The van der Waals surface area contributed by atoms with Crippen molar-refractivity contribution < 1.29 is 17.9 Å². The van der Waals surface area contributed by atoms with E-state index in [0.29, 0.717) is 12.5 Å². The summed E-state index contributed by atoms with van der Waals surface area (Å²) in [7, 11) is 0. The summed E-state index contributed by atoms with van der Waals surface area (Å²) >= 11 is 0. The van der Waals surface area contributed by atoms with Gasteiger partial charge in [-0.05, 0) is 59.5 Å². The summed E-state index contributed by atoms with van der Waals surface area (Å²) < 4.78 is 41.0. The van der Waals surface area contributed by atoms with Crippen molar-refractivity contribution in [3.8, 4) is 5.75 Å². The number of benzene rings is 2. The summed E-state index contributed by atoms with van der Waals surface area (Å²) in [5.74, 6) is 2.01. The van der Waals surface area contributed by atoms with Crippen LogP contribution in [0.5, 0.6) is 5.75 Å². The maximum absolute atomic E-state index is 12.3. The topological polar surface area (TPSA) is 24.5 Å². The summed E-state index contributed by atoms with van der Waals surface area (Å²) in [5.41, 5.74) is 3.55. The fourth-order valence-corrected chi connectivity index (χ4v) is 4.54. The Morgan fingerprint density at radius 1 is 1.00 bits per heavy atom. The predicted molar refractivity (Wildman–Crippen MR) is 106 cm³/mol. The Morgan fingerprint density at radius 2 is 1.69 bits per heavy atom. The lowest BCUT2D eigenvalue weighted by Crippen LogP contribution is -2.27. The van der Waals surface area contributed by atoms with E-state index < -0.39 is 6.36 Å². The normalized spacial score (nSPS) is 23.8. The van der Waals surface area contributed by atoms with Crippen molar-refractivity contribution in [2.45, 2.75) is 32.8 Å². The van der Waals surface area contributed by atoms with Gasteiger partial charge in [-0.3, -0.25) is 4.90 Å². The maximum Gasteiger partial charge on any atom is 0.573 e. The van der Waals surface area contributed by atoms with E-state index in [9.17, 15) is 13.2 Å². The number of alkyl halides is 3. The van der Waals surface area contributed by atoms with Crippen molar-refractivity contribution in [3.63, 3.8) is 0 Å². The van der Waals surface area contributed by atoms with E-state index >= 15 is 0 Å². The summed E-state index contributed by atoms with van der Waals surface area (Å²) in [6, 6.07) is 15.1. The van der Waals surface area contributed by atoms with Gasteiger partial charge >= 0.3 is 6.36 Å². The second kappa shape index (κ2) is 8.36. The van der Waals surface area contributed by atoms with Crippen LogP contribution in [0.4, 0.5) is 13.2 Å². The van der Waals surface area contributed by atoms with E-state index in [0.717, 1.165) is 50.0 Å². The van der Waals surface area contributed by atoms with Crippen molar-refractivity contribution >= 4 is 0 Å². The lowest BCUT2D eigenvalue weighted by Gasteiger charge is -2.20. The molecule has 0 amide bonds. The first-order chi connectivity index (χ1) is 13.9. The van der Waals surface area contributed by atoms with Crippen molar-refractivity contribution in [3.05, 3.63) is 65.2 Å². The number of ether oxygens (including phenoxy) is 1. The monoisotopic (exact) mass is 404 g/mol. The molecule has 2 aromatic carbocycles. The van der Waals surface area contributed by atoms with Gasteiger partial charge in [0.05, 0.1) is 0 Å². The SMILES string of the molecule is CCc1ccc(CN2CC3C(CNCc4cccc(OC(F)(F)F)c4)C3C2)cc1. The zero-order chi connectivity index (χ0) is 20.4. The molecule has 0 radical (unpaired) electrons. The van der Waals surface area contributed by atoms with Crippen LogP contribution in [0.3, 0.4) is 0 Å². The van der Waals surface area contributed by atoms with Gasteiger partial charge in [0, 0.05) is 26.2 Å². The minimum atomic E-state index is -4.65. The van der Waals surface area contributed by atoms with Crippen molar-refractivity contribution in [2.24, 2.45) is 17.8 Å². The van der Waals surface area contributed by atoms with E-state index in [2.05, 4.69) is 46.1 Å². The summed E-state index contributed by atoms with van der Waals surface area (Å²) in [6.07, 6.45) is -3.58. The van der Waals surface area contributed by atoms with Crippen molar-refractivity contribution in [1.29, 1.82) is 0 Å². The minimum absolute atomic E-state index is 0.164. The Hall–Kier alpha value is -2.05. The number of halogens is 3. The molecule has 156 valence electrons. The maximum atomic E-state index is 12.3. The number of hydrogen-bond donors (Lipinski definition) is 1. The van der Waals surface area contributed by atoms with Crippen molar-refractivity contribution in [2.75, 3.05) is 19.6 Å². The third-order valence-electron chi connectivity index (χ3n) is 6.13. The number of piperidine rings is 1. The van der Waals surface area contributed by atoms with Gasteiger partial charge in [0.25, 0.3) is 0 Å². The second-order valence-electron chi connectivity index (χ2n) is 8.18. The van der Waals surface area contributed by atoms with Gasteiger partial charge in [-0.15, -0.1) is 13.2 Å². The van der Waals surface area contributed by atoms with E-state index in [1.165, 1.54) is 23.3 Å². The van der Waals surface area contributed by atoms with Crippen LogP contribution in [0.25, 0.3) is 0 Å². The van der Waals surface area contributed by atoms with Gasteiger partial charge in [-0.2, -0.15) is 0 Å².